The Morgan fingerprint density at radius 3 is 2.69 bits per heavy atom. The number of hydrogen-bond donors (Lipinski definition) is 1. The minimum atomic E-state index is -0.137. The summed E-state index contributed by atoms with van der Waals surface area (Å²) in [5.74, 6) is 0.484. The Labute approximate surface area is 97.1 Å². The Bertz CT molecular complexity index is 320. The first-order chi connectivity index (χ1) is 7.79. The molecule has 0 bridgehead atoms. The van der Waals surface area contributed by atoms with Crippen LogP contribution in [-0.2, 0) is 0 Å². The van der Waals surface area contributed by atoms with Gasteiger partial charge in [-0.2, -0.15) is 0 Å². The number of nitrogens with one attached hydrogen (secondary N) is 1. The van der Waals surface area contributed by atoms with Crippen LogP contribution in [0, 0.1) is 5.82 Å². The molecule has 0 heterocycles. The van der Waals surface area contributed by atoms with Crippen LogP contribution in [0.25, 0.3) is 0 Å². The first-order valence-corrected chi connectivity index (χ1v) is 6.28. The molecule has 1 aromatic carbocycles. The molecule has 0 spiro atoms. The quantitative estimate of drug-likeness (QED) is 0.821. The van der Waals surface area contributed by atoms with E-state index in [1.807, 2.05) is 12.1 Å². The van der Waals surface area contributed by atoms with Crippen molar-refractivity contribution in [2.75, 3.05) is 6.54 Å². The van der Waals surface area contributed by atoms with Crippen molar-refractivity contribution in [3.05, 3.63) is 35.6 Å². The molecule has 1 nitrogen and oxygen atoms in total. The number of rotatable bonds is 4. The third-order valence-corrected chi connectivity index (χ3v) is 3.46. The molecular weight excluding hydrogens is 201 g/mol. The molecular formula is C14H20FN. The predicted octanol–water partition coefficient (Wildman–Crippen LogP) is 3.46. The van der Waals surface area contributed by atoms with Crippen molar-refractivity contribution in [1.29, 1.82) is 0 Å². The Balaban J connectivity index is 1.90. The van der Waals surface area contributed by atoms with Gasteiger partial charge in [-0.3, -0.25) is 0 Å². The zero-order valence-electron chi connectivity index (χ0n) is 9.88. The molecule has 1 aliphatic carbocycles. The van der Waals surface area contributed by atoms with E-state index in [1.165, 1.54) is 31.2 Å². The number of benzene rings is 1. The first-order valence-electron chi connectivity index (χ1n) is 6.28. The van der Waals surface area contributed by atoms with E-state index in [-0.39, 0.29) is 5.82 Å². The smallest absolute Gasteiger partial charge is 0.123 e. The van der Waals surface area contributed by atoms with Crippen LogP contribution in [0.1, 0.15) is 44.1 Å². The Hall–Kier alpha value is -0.890. The van der Waals surface area contributed by atoms with Crippen LogP contribution < -0.4 is 5.32 Å². The molecule has 1 saturated carbocycles. The van der Waals surface area contributed by atoms with Crippen molar-refractivity contribution in [1.82, 2.24) is 5.32 Å². The van der Waals surface area contributed by atoms with E-state index in [4.69, 9.17) is 0 Å². The second-order valence-corrected chi connectivity index (χ2v) is 4.71. The molecule has 88 valence electrons. The van der Waals surface area contributed by atoms with E-state index < -0.39 is 0 Å². The summed E-state index contributed by atoms with van der Waals surface area (Å²) in [5.41, 5.74) is 1.29. The summed E-state index contributed by atoms with van der Waals surface area (Å²) >= 11 is 0. The molecule has 0 aliphatic heterocycles. The van der Waals surface area contributed by atoms with Gasteiger partial charge >= 0.3 is 0 Å². The molecule has 2 rings (SSSR count). The lowest BCUT2D eigenvalue weighted by Gasteiger charge is -2.13. The van der Waals surface area contributed by atoms with Crippen molar-refractivity contribution in [2.24, 2.45) is 0 Å². The van der Waals surface area contributed by atoms with Crippen molar-refractivity contribution in [3.8, 4) is 0 Å². The average Bonchev–Trinajstić information content (AvgIpc) is 2.76. The summed E-state index contributed by atoms with van der Waals surface area (Å²) in [6, 6.07) is 7.67. The fourth-order valence-corrected chi connectivity index (χ4v) is 2.55. The molecule has 2 atom stereocenters. The molecule has 0 aromatic heterocycles. The normalized spacial score (nSPS) is 24.9. The fraction of sp³-hybridized carbons (Fsp3) is 0.571. The van der Waals surface area contributed by atoms with Crippen LogP contribution in [-0.4, -0.2) is 12.6 Å². The largest absolute Gasteiger partial charge is 0.314 e. The van der Waals surface area contributed by atoms with Gasteiger partial charge in [-0.05, 0) is 55.8 Å². The van der Waals surface area contributed by atoms with Gasteiger partial charge in [-0.1, -0.05) is 19.1 Å². The Morgan fingerprint density at radius 2 is 2.00 bits per heavy atom. The van der Waals surface area contributed by atoms with Gasteiger partial charge in [0.25, 0.3) is 0 Å². The molecule has 0 amide bonds. The zero-order valence-corrected chi connectivity index (χ0v) is 9.88. The predicted molar refractivity (Wildman–Crippen MR) is 65.1 cm³/mol. The molecule has 16 heavy (non-hydrogen) atoms. The van der Waals surface area contributed by atoms with Gasteiger partial charge < -0.3 is 5.32 Å². The summed E-state index contributed by atoms with van der Waals surface area (Å²) in [4.78, 5) is 0. The summed E-state index contributed by atoms with van der Waals surface area (Å²) < 4.78 is 12.8. The zero-order chi connectivity index (χ0) is 11.4. The molecule has 0 saturated heterocycles. The molecule has 1 aromatic rings. The third kappa shape index (κ3) is 2.82. The van der Waals surface area contributed by atoms with Gasteiger partial charge in [0.05, 0.1) is 0 Å². The van der Waals surface area contributed by atoms with Gasteiger partial charge in [0, 0.05) is 6.04 Å². The summed E-state index contributed by atoms with van der Waals surface area (Å²) in [6.45, 7) is 3.31. The Morgan fingerprint density at radius 1 is 1.25 bits per heavy atom. The SMILES string of the molecule is CCCNC1CCC(c2ccc(F)cc2)C1. The highest BCUT2D eigenvalue weighted by Gasteiger charge is 2.24. The van der Waals surface area contributed by atoms with Crippen LogP contribution in [0.3, 0.4) is 0 Å². The highest BCUT2D eigenvalue weighted by molar-refractivity contribution is 5.21. The molecule has 0 radical (unpaired) electrons. The molecule has 1 aliphatic rings. The summed E-state index contributed by atoms with van der Waals surface area (Å²) in [6.07, 6.45) is 4.87. The van der Waals surface area contributed by atoms with Crippen LogP contribution >= 0.6 is 0 Å². The minimum Gasteiger partial charge on any atom is -0.314 e. The van der Waals surface area contributed by atoms with Gasteiger partial charge in [0.2, 0.25) is 0 Å². The van der Waals surface area contributed by atoms with E-state index in [0.29, 0.717) is 12.0 Å². The number of halogens is 1. The van der Waals surface area contributed by atoms with E-state index in [9.17, 15) is 4.39 Å². The van der Waals surface area contributed by atoms with Crippen LogP contribution in [0.15, 0.2) is 24.3 Å². The third-order valence-electron chi connectivity index (χ3n) is 3.46. The van der Waals surface area contributed by atoms with Crippen LogP contribution in [0.4, 0.5) is 4.39 Å². The topological polar surface area (TPSA) is 12.0 Å². The monoisotopic (exact) mass is 221 g/mol. The lowest BCUT2D eigenvalue weighted by atomic mass is 9.97. The molecule has 2 unspecified atom stereocenters. The second-order valence-electron chi connectivity index (χ2n) is 4.71. The maximum Gasteiger partial charge on any atom is 0.123 e. The first kappa shape index (κ1) is 11.6. The van der Waals surface area contributed by atoms with E-state index in [1.54, 1.807) is 12.1 Å². The number of hydrogen-bond acceptors (Lipinski definition) is 1. The van der Waals surface area contributed by atoms with Gasteiger partial charge in [-0.15, -0.1) is 0 Å². The highest BCUT2D eigenvalue weighted by atomic mass is 19.1. The lowest BCUT2D eigenvalue weighted by molar-refractivity contribution is 0.517. The molecule has 1 fully saturated rings. The highest BCUT2D eigenvalue weighted by Crippen LogP contribution is 2.34. The standard InChI is InChI=1S/C14H20FN/c1-2-9-16-14-8-5-12(10-14)11-3-6-13(15)7-4-11/h3-4,6-7,12,14,16H,2,5,8-10H2,1H3. The minimum absolute atomic E-state index is 0.137. The van der Waals surface area contributed by atoms with Gasteiger partial charge in [0.1, 0.15) is 5.82 Å². The summed E-state index contributed by atoms with van der Waals surface area (Å²) in [5, 5.41) is 3.57. The average molecular weight is 221 g/mol. The van der Waals surface area contributed by atoms with Crippen LogP contribution in [0.2, 0.25) is 0 Å². The van der Waals surface area contributed by atoms with Crippen molar-refractivity contribution < 1.29 is 4.39 Å². The van der Waals surface area contributed by atoms with E-state index in [2.05, 4.69) is 12.2 Å². The molecule has 2 heteroatoms. The van der Waals surface area contributed by atoms with Gasteiger partial charge in [0.15, 0.2) is 0 Å². The molecule has 1 N–H and O–H groups in total. The lowest BCUT2D eigenvalue weighted by Crippen LogP contribution is -2.26. The van der Waals surface area contributed by atoms with Crippen molar-refractivity contribution >= 4 is 0 Å². The second kappa shape index (κ2) is 5.44. The van der Waals surface area contributed by atoms with Crippen molar-refractivity contribution in [2.45, 2.75) is 44.6 Å². The van der Waals surface area contributed by atoms with E-state index in [0.717, 1.165) is 6.54 Å². The van der Waals surface area contributed by atoms with E-state index >= 15 is 0 Å². The maximum atomic E-state index is 12.8. The maximum absolute atomic E-state index is 12.8. The Kier molecular flexibility index (Phi) is 3.94. The fourth-order valence-electron chi connectivity index (χ4n) is 2.55. The van der Waals surface area contributed by atoms with Crippen LogP contribution in [0.5, 0.6) is 0 Å². The van der Waals surface area contributed by atoms with Crippen molar-refractivity contribution in [3.63, 3.8) is 0 Å². The van der Waals surface area contributed by atoms with Gasteiger partial charge in [-0.25, -0.2) is 4.39 Å². The summed E-state index contributed by atoms with van der Waals surface area (Å²) in [7, 11) is 0.